The van der Waals surface area contributed by atoms with Gasteiger partial charge in [-0.05, 0) is 24.1 Å². The fourth-order valence-corrected chi connectivity index (χ4v) is 2.42. The maximum atomic E-state index is 6.01. The summed E-state index contributed by atoms with van der Waals surface area (Å²) in [6, 6.07) is 6.93. The first kappa shape index (κ1) is 8.57. The van der Waals surface area contributed by atoms with Gasteiger partial charge in [-0.1, -0.05) is 17.7 Å². The number of benzene rings is 1. The molecule has 1 saturated heterocycles. The van der Waals surface area contributed by atoms with Crippen LogP contribution < -0.4 is 10.2 Å². The zero-order valence-corrected chi connectivity index (χ0v) is 8.72. The van der Waals surface area contributed by atoms with E-state index >= 15 is 0 Å². The summed E-state index contributed by atoms with van der Waals surface area (Å²) in [5.74, 6) is 0. The van der Waals surface area contributed by atoms with Crippen molar-refractivity contribution in [2.24, 2.45) is 0 Å². The molecule has 1 fully saturated rings. The largest absolute Gasteiger partial charge is 0.365 e. The van der Waals surface area contributed by atoms with Gasteiger partial charge in [-0.15, -0.1) is 0 Å². The van der Waals surface area contributed by atoms with Crippen LogP contribution in [0.15, 0.2) is 18.2 Å². The van der Waals surface area contributed by atoms with Gasteiger partial charge in [0.25, 0.3) is 0 Å². The first-order valence-electron chi connectivity index (χ1n) is 5.10. The molecule has 0 saturated carbocycles. The number of rotatable bonds is 1. The van der Waals surface area contributed by atoms with Crippen molar-refractivity contribution in [3.05, 3.63) is 28.8 Å². The van der Waals surface area contributed by atoms with E-state index in [2.05, 4.69) is 22.3 Å². The SMILES string of the molecule is Clc1ccc2c(c1)N(C1CNC1)CC2. The monoisotopic (exact) mass is 208 g/mol. The molecule has 1 N–H and O–H groups in total. The Morgan fingerprint density at radius 2 is 2.21 bits per heavy atom. The summed E-state index contributed by atoms with van der Waals surface area (Å²) >= 11 is 6.01. The second-order valence-electron chi connectivity index (χ2n) is 4.03. The third-order valence-corrected chi connectivity index (χ3v) is 3.41. The molecule has 2 nitrogen and oxygen atoms in total. The van der Waals surface area contributed by atoms with Crippen molar-refractivity contribution in [3.8, 4) is 0 Å². The minimum absolute atomic E-state index is 0.690. The molecule has 0 spiro atoms. The molecule has 3 rings (SSSR count). The molecule has 14 heavy (non-hydrogen) atoms. The number of anilines is 1. The van der Waals surface area contributed by atoms with E-state index in [9.17, 15) is 0 Å². The van der Waals surface area contributed by atoms with Gasteiger partial charge in [0, 0.05) is 30.3 Å². The van der Waals surface area contributed by atoms with Crippen molar-refractivity contribution in [2.75, 3.05) is 24.5 Å². The van der Waals surface area contributed by atoms with Gasteiger partial charge < -0.3 is 10.2 Å². The second kappa shape index (κ2) is 3.14. The summed E-state index contributed by atoms with van der Waals surface area (Å²) in [4.78, 5) is 2.48. The van der Waals surface area contributed by atoms with Crippen molar-refractivity contribution in [3.63, 3.8) is 0 Å². The summed E-state index contributed by atoms with van der Waals surface area (Å²) < 4.78 is 0. The molecule has 1 aromatic rings. The van der Waals surface area contributed by atoms with Crippen molar-refractivity contribution in [1.29, 1.82) is 0 Å². The number of fused-ring (bicyclic) bond motifs is 1. The molecular formula is C11H13ClN2. The standard InChI is InChI=1S/C11H13ClN2/c12-9-2-1-8-3-4-14(11(8)5-9)10-6-13-7-10/h1-2,5,10,13H,3-4,6-7H2. The van der Waals surface area contributed by atoms with E-state index in [1.165, 1.54) is 17.7 Å². The summed E-state index contributed by atoms with van der Waals surface area (Å²) in [5.41, 5.74) is 2.80. The van der Waals surface area contributed by atoms with Gasteiger partial charge in [-0.25, -0.2) is 0 Å². The van der Waals surface area contributed by atoms with Crippen LogP contribution in [0.1, 0.15) is 5.56 Å². The van der Waals surface area contributed by atoms with Gasteiger partial charge in [-0.2, -0.15) is 0 Å². The second-order valence-corrected chi connectivity index (χ2v) is 4.46. The topological polar surface area (TPSA) is 15.3 Å². The van der Waals surface area contributed by atoms with Gasteiger partial charge in [0.1, 0.15) is 0 Å². The lowest BCUT2D eigenvalue weighted by Crippen LogP contribution is -2.56. The van der Waals surface area contributed by atoms with Crippen LogP contribution in [-0.2, 0) is 6.42 Å². The Kier molecular flexibility index (Phi) is 1.92. The third-order valence-electron chi connectivity index (χ3n) is 3.18. The molecule has 3 heteroatoms. The Morgan fingerprint density at radius 3 is 2.93 bits per heavy atom. The van der Waals surface area contributed by atoms with Gasteiger partial charge in [0.15, 0.2) is 0 Å². The van der Waals surface area contributed by atoms with Gasteiger partial charge in [-0.3, -0.25) is 0 Å². The van der Waals surface area contributed by atoms with Crippen LogP contribution in [0.4, 0.5) is 5.69 Å². The molecule has 74 valence electrons. The number of hydrogen-bond acceptors (Lipinski definition) is 2. The van der Waals surface area contributed by atoms with Crippen LogP contribution in [-0.4, -0.2) is 25.7 Å². The van der Waals surface area contributed by atoms with Crippen LogP contribution in [0, 0.1) is 0 Å². The Morgan fingerprint density at radius 1 is 1.36 bits per heavy atom. The Labute approximate surface area is 88.9 Å². The Bertz CT molecular complexity index is 360. The van der Waals surface area contributed by atoms with E-state index in [0.717, 1.165) is 24.7 Å². The van der Waals surface area contributed by atoms with Crippen LogP contribution in [0.5, 0.6) is 0 Å². The van der Waals surface area contributed by atoms with E-state index in [0.29, 0.717) is 6.04 Å². The molecular weight excluding hydrogens is 196 g/mol. The highest BCUT2D eigenvalue weighted by molar-refractivity contribution is 6.30. The van der Waals surface area contributed by atoms with E-state index in [4.69, 9.17) is 11.6 Å². The highest BCUT2D eigenvalue weighted by atomic mass is 35.5. The summed E-state index contributed by atoms with van der Waals surface area (Å²) in [5, 5.41) is 4.16. The number of nitrogens with zero attached hydrogens (tertiary/aromatic N) is 1. The molecule has 1 aromatic carbocycles. The molecule has 0 atom stereocenters. The maximum absolute atomic E-state index is 6.01. The maximum Gasteiger partial charge on any atom is 0.0539 e. The minimum atomic E-state index is 0.690. The summed E-state index contributed by atoms with van der Waals surface area (Å²) in [7, 11) is 0. The average molecular weight is 209 g/mol. The van der Waals surface area contributed by atoms with E-state index in [-0.39, 0.29) is 0 Å². The molecule has 2 aliphatic heterocycles. The average Bonchev–Trinajstić information content (AvgIpc) is 2.46. The molecule has 0 radical (unpaired) electrons. The smallest absolute Gasteiger partial charge is 0.0539 e. The zero-order valence-electron chi connectivity index (χ0n) is 7.96. The lowest BCUT2D eigenvalue weighted by Gasteiger charge is -2.37. The third kappa shape index (κ3) is 1.22. The number of nitrogens with one attached hydrogen (secondary N) is 1. The fourth-order valence-electron chi connectivity index (χ4n) is 2.25. The first-order valence-corrected chi connectivity index (χ1v) is 5.48. The molecule has 2 aliphatic rings. The van der Waals surface area contributed by atoms with Crippen molar-refractivity contribution in [2.45, 2.75) is 12.5 Å². The zero-order chi connectivity index (χ0) is 9.54. The van der Waals surface area contributed by atoms with E-state index < -0.39 is 0 Å². The number of hydrogen-bond donors (Lipinski definition) is 1. The molecule has 0 aromatic heterocycles. The Balaban J connectivity index is 1.95. The van der Waals surface area contributed by atoms with Crippen LogP contribution in [0.2, 0.25) is 5.02 Å². The quantitative estimate of drug-likeness (QED) is 0.756. The summed E-state index contributed by atoms with van der Waals surface area (Å²) in [6.07, 6.45) is 1.17. The summed E-state index contributed by atoms with van der Waals surface area (Å²) in [6.45, 7) is 3.39. The normalized spacial score (nSPS) is 20.8. The van der Waals surface area contributed by atoms with Crippen LogP contribution in [0.3, 0.4) is 0 Å². The lowest BCUT2D eigenvalue weighted by molar-refractivity contribution is 0.420. The predicted molar refractivity (Wildman–Crippen MR) is 59.2 cm³/mol. The van der Waals surface area contributed by atoms with Crippen molar-refractivity contribution >= 4 is 17.3 Å². The molecule has 2 heterocycles. The number of halogens is 1. The molecule has 0 aliphatic carbocycles. The van der Waals surface area contributed by atoms with Gasteiger partial charge in [0.2, 0.25) is 0 Å². The molecule has 0 unspecified atom stereocenters. The predicted octanol–water partition coefficient (Wildman–Crippen LogP) is 1.67. The van der Waals surface area contributed by atoms with E-state index in [1.54, 1.807) is 0 Å². The lowest BCUT2D eigenvalue weighted by atomic mass is 10.1. The van der Waals surface area contributed by atoms with Crippen LogP contribution in [0.25, 0.3) is 0 Å². The van der Waals surface area contributed by atoms with Crippen molar-refractivity contribution in [1.82, 2.24) is 5.32 Å². The van der Waals surface area contributed by atoms with Crippen LogP contribution >= 0.6 is 11.6 Å². The molecule has 0 bridgehead atoms. The minimum Gasteiger partial charge on any atom is -0.365 e. The van der Waals surface area contributed by atoms with Gasteiger partial charge >= 0.3 is 0 Å². The Hall–Kier alpha value is -0.730. The highest BCUT2D eigenvalue weighted by Crippen LogP contribution is 2.32. The fraction of sp³-hybridized carbons (Fsp3) is 0.455. The van der Waals surface area contributed by atoms with Crippen molar-refractivity contribution < 1.29 is 0 Å². The first-order chi connectivity index (χ1) is 6.84. The van der Waals surface area contributed by atoms with E-state index in [1.807, 2.05) is 6.07 Å². The highest BCUT2D eigenvalue weighted by Gasteiger charge is 2.29. The molecule has 0 amide bonds. The van der Waals surface area contributed by atoms with Gasteiger partial charge in [0.05, 0.1) is 6.04 Å².